The van der Waals surface area contributed by atoms with Gasteiger partial charge >= 0.3 is 0 Å². The van der Waals surface area contributed by atoms with Gasteiger partial charge in [0.15, 0.2) is 0 Å². The molecule has 0 radical (unpaired) electrons. The molecule has 27 heavy (non-hydrogen) atoms. The molecule has 1 aliphatic heterocycles. The lowest BCUT2D eigenvalue weighted by Gasteiger charge is -2.34. The highest BCUT2D eigenvalue weighted by atomic mass is 32.2. The van der Waals surface area contributed by atoms with Crippen molar-refractivity contribution in [1.29, 1.82) is 0 Å². The maximum Gasteiger partial charge on any atom is 0.243 e. The summed E-state index contributed by atoms with van der Waals surface area (Å²) in [6, 6.07) is 11.8. The summed E-state index contributed by atoms with van der Waals surface area (Å²) in [6.45, 7) is 9.14. The van der Waals surface area contributed by atoms with Crippen molar-refractivity contribution >= 4 is 10.0 Å². The average Bonchev–Trinajstić information content (AvgIpc) is 2.64. The maximum atomic E-state index is 13.0. The minimum atomic E-state index is -3.44. The highest BCUT2D eigenvalue weighted by molar-refractivity contribution is 7.89. The average molecular weight is 389 g/mol. The molecule has 0 atom stereocenters. The van der Waals surface area contributed by atoms with Gasteiger partial charge in [-0.3, -0.25) is 4.90 Å². The number of aryl methyl sites for hydroxylation is 3. The van der Waals surface area contributed by atoms with E-state index in [-0.39, 0.29) is 0 Å². The van der Waals surface area contributed by atoms with Crippen molar-refractivity contribution in [2.45, 2.75) is 32.2 Å². The number of hydrogen-bond acceptors (Lipinski definition) is 4. The number of hydrogen-bond donors (Lipinski definition) is 0. The topological polar surface area (TPSA) is 49.9 Å². The molecule has 3 rings (SSSR count). The lowest BCUT2D eigenvalue weighted by Crippen LogP contribution is -2.48. The van der Waals surface area contributed by atoms with E-state index in [1.54, 1.807) is 17.5 Å². The fourth-order valence-corrected chi connectivity index (χ4v) is 5.28. The van der Waals surface area contributed by atoms with Crippen LogP contribution in [0.3, 0.4) is 0 Å². The first-order chi connectivity index (χ1) is 12.8. The molecule has 0 spiro atoms. The zero-order valence-electron chi connectivity index (χ0n) is 16.5. The fourth-order valence-electron chi connectivity index (χ4n) is 3.55. The smallest absolute Gasteiger partial charge is 0.243 e. The summed E-state index contributed by atoms with van der Waals surface area (Å²) in [4.78, 5) is 2.73. The number of nitrogens with zero attached hydrogens (tertiary/aromatic N) is 2. The number of methoxy groups -OCH3 is 1. The molecule has 0 unspecified atom stereocenters. The first kappa shape index (κ1) is 19.9. The van der Waals surface area contributed by atoms with Crippen LogP contribution in [0.2, 0.25) is 0 Å². The Bertz CT molecular complexity index is 917. The summed E-state index contributed by atoms with van der Waals surface area (Å²) in [5.74, 6) is 0.892. The van der Waals surface area contributed by atoms with E-state index in [0.717, 1.165) is 42.1 Å². The molecular formula is C21H28N2O3S. The molecule has 0 aromatic heterocycles. The van der Waals surface area contributed by atoms with E-state index in [1.807, 2.05) is 39.0 Å². The minimum Gasteiger partial charge on any atom is -0.496 e. The van der Waals surface area contributed by atoms with Gasteiger partial charge in [0.2, 0.25) is 10.0 Å². The minimum absolute atomic E-state index is 0.432. The van der Waals surface area contributed by atoms with Crippen molar-refractivity contribution < 1.29 is 13.2 Å². The summed E-state index contributed by atoms with van der Waals surface area (Å²) in [5, 5.41) is 0. The third-order valence-electron chi connectivity index (χ3n) is 5.16. The van der Waals surface area contributed by atoms with Crippen LogP contribution in [0.1, 0.15) is 22.3 Å². The van der Waals surface area contributed by atoms with Gasteiger partial charge in [-0.05, 0) is 55.2 Å². The first-order valence-corrected chi connectivity index (χ1v) is 10.7. The molecule has 1 aliphatic rings. The molecule has 0 amide bonds. The number of piperazine rings is 1. The summed E-state index contributed by atoms with van der Waals surface area (Å²) >= 11 is 0. The summed E-state index contributed by atoms with van der Waals surface area (Å²) in [6.07, 6.45) is 0. The van der Waals surface area contributed by atoms with E-state index in [1.165, 1.54) is 5.56 Å². The Morgan fingerprint density at radius 1 is 0.926 bits per heavy atom. The van der Waals surface area contributed by atoms with E-state index in [9.17, 15) is 8.42 Å². The van der Waals surface area contributed by atoms with E-state index < -0.39 is 10.0 Å². The van der Waals surface area contributed by atoms with Gasteiger partial charge in [-0.15, -0.1) is 0 Å². The number of rotatable bonds is 5. The summed E-state index contributed by atoms with van der Waals surface area (Å²) in [5.41, 5.74) is 4.11. The molecule has 0 N–H and O–H groups in total. The van der Waals surface area contributed by atoms with Crippen molar-refractivity contribution in [1.82, 2.24) is 9.21 Å². The number of benzene rings is 2. The Labute approximate surface area is 162 Å². The summed E-state index contributed by atoms with van der Waals surface area (Å²) < 4.78 is 33.0. The van der Waals surface area contributed by atoms with Crippen LogP contribution in [0.5, 0.6) is 5.75 Å². The van der Waals surface area contributed by atoms with Crippen molar-refractivity contribution in [2.75, 3.05) is 33.3 Å². The molecule has 1 heterocycles. The third-order valence-corrected chi connectivity index (χ3v) is 7.20. The highest BCUT2D eigenvalue weighted by Crippen LogP contribution is 2.24. The molecule has 6 heteroatoms. The van der Waals surface area contributed by atoms with Crippen LogP contribution in [0.4, 0.5) is 0 Å². The largest absolute Gasteiger partial charge is 0.496 e. The second kappa shape index (κ2) is 8.00. The molecule has 5 nitrogen and oxygen atoms in total. The monoisotopic (exact) mass is 388 g/mol. The van der Waals surface area contributed by atoms with E-state index >= 15 is 0 Å². The predicted molar refractivity (Wildman–Crippen MR) is 108 cm³/mol. The van der Waals surface area contributed by atoms with Gasteiger partial charge < -0.3 is 4.74 Å². The van der Waals surface area contributed by atoms with Crippen LogP contribution < -0.4 is 4.74 Å². The van der Waals surface area contributed by atoms with Crippen molar-refractivity contribution in [3.05, 3.63) is 58.7 Å². The number of sulfonamides is 1. The van der Waals surface area contributed by atoms with Crippen molar-refractivity contribution in [2.24, 2.45) is 0 Å². The number of ether oxygens (including phenoxy) is 1. The fraction of sp³-hybridized carbons (Fsp3) is 0.429. The molecule has 0 bridgehead atoms. The molecule has 0 saturated carbocycles. The molecule has 2 aromatic rings. The standard InChI is InChI=1S/C21H28N2O3S/c1-16-5-6-17(2)21(13-16)27(24,25)23-11-9-22(10-12-23)15-19-7-8-20(26-4)18(3)14-19/h5-8,13-14H,9-12,15H2,1-4H3. The van der Waals surface area contributed by atoms with Gasteiger partial charge in [0, 0.05) is 32.7 Å². The maximum absolute atomic E-state index is 13.0. The molecule has 146 valence electrons. The van der Waals surface area contributed by atoms with Gasteiger partial charge in [-0.25, -0.2) is 8.42 Å². The zero-order chi connectivity index (χ0) is 19.6. The van der Waals surface area contributed by atoms with Crippen LogP contribution in [-0.2, 0) is 16.6 Å². The van der Waals surface area contributed by atoms with Gasteiger partial charge in [0.05, 0.1) is 12.0 Å². The van der Waals surface area contributed by atoms with Gasteiger partial charge in [-0.1, -0.05) is 24.3 Å². The third kappa shape index (κ3) is 4.34. The van der Waals surface area contributed by atoms with Gasteiger partial charge in [0.25, 0.3) is 0 Å². The predicted octanol–water partition coefficient (Wildman–Crippen LogP) is 3.13. The van der Waals surface area contributed by atoms with Crippen molar-refractivity contribution in [3.8, 4) is 5.75 Å². The van der Waals surface area contributed by atoms with E-state index in [4.69, 9.17) is 4.74 Å². The molecule has 1 saturated heterocycles. The normalized spacial score (nSPS) is 16.4. The van der Waals surface area contributed by atoms with Crippen molar-refractivity contribution in [3.63, 3.8) is 0 Å². The van der Waals surface area contributed by atoms with E-state index in [2.05, 4.69) is 17.0 Å². The molecule has 2 aromatic carbocycles. The Balaban J connectivity index is 1.66. The Morgan fingerprint density at radius 2 is 1.63 bits per heavy atom. The lowest BCUT2D eigenvalue weighted by atomic mass is 10.1. The molecule has 1 fully saturated rings. The summed E-state index contributed by atoms with van der Waals surface area (Å²) in [7, 11) is -1.76. The highest BCUT2D eigenvalue weighted by Gasteiger charge is 2.29. The second-order valence-corrected chi connectivity index (χ2v) is 9.16. The lowest BCUT2D eigenvalue weighted by molar-refractivity contribution is 0.181. The van der Waals surface area contributed by atoms with Crippen LogP contribution in [0, 0.1) is 20.8 Å². The molecule has 0 aliphatic carbocycles. The SMILES string of the molecule is COc1ccc(CN2CCN(S(=O)(=O)c3cc(C)ccc3C)CC2)cc1C. The van der Waals surface area contributed by atoms with Crippen LogP contribution in [0.15, 0.2) is 41.3 Å². The first-order valence-electron chi connectivity index (χ1n) is 9.24. The van der Waals surface area contributed by atoms with E-state index in [0.29, 0.717) is 18.0 Å². The van der Waals surface area contributed by atoms with Gasteiger partial charge in [0.1, 0.15) is 5.75 Å². The van der Waals surface area contributed by atoms with Crippen LogP contribution in [-0.4, -0.2) is 50.9 Å². The van der Waals surface area contributed by atoms with Crippen LogP contribution >= 0.6 is 0 Å². The van der Waals surface area contributed by atoms with Crippen LogP contribution in [0.25, 0.3) is 0 Å². The zero-order valence-corrected chi connectivity index (χ0v) is 17.3. The van der Waals surface area contributed by atoms with Gasteiger partial charge in [-0.2, -0.15) is 4.31 Å². The Morgan fingerprint density at radius 3 is 2.26 bits per heavy atom. The second-order valence-electron chi connectivity index (χ2n) is 7.25. The quantitative estimate of drug-likeness (QED) is 0.790. The Hall–Kier alpha value is -1.89. The molecular weight excluding hydrogens is 360 g/mol. The Kier molecular flexibility index (Phi) is 5.89.